The Morgan fingerprint density at radius 1 is 1.30 bits per heavy atom. The minimum atomic E-state index is -0.903. The van der Waals surface area contributed by atoms with E-state index in [1.807, 2.05) is 18.2 Å². The van der Waals surface area contributed by atoms with Crippen LogP contribution in [0, 0.1) is 11.8 Å². The molecule has 4 rings (SSSR count). The summed E-state index contributed by atoms with van der Waals surface area (Å²) in [6.45, 7) is 10.4. The molecule has 5 atom stereocenters. The largest absolute Gasteiger partial charge is 0.487 e. The maximum absolute atomic E-state index is 13.5. The number of carbonyl (C=O) groups is 3. The van der Waals surface area contributed by atoms with Crippen molar-refractivity contribution >= 4 is 29.5 Å². The molecular formula is C27H38ClN3O6. The summed E-state index contributed by atoms with van der Waals surface area (Å²) in [7, 11) is 0. The zero-order valence-electron chi connectivity index (χ0n) is 22.2. The number of carbonyl (C=O) groups excluding carboxylic acids is 3. The van der Waals surface area contributed by atoms with Crippen LogP contribution in [0.4, 0.5) is 4.79 Å². The van der Waals surface area contributed by atoms with Gasteiger partial charge in [-0.1, -0.05) is 11.6 Å². The van der Waals surface area contributed by atoms with Gasteiger partial charge in [-0.3, -0.25) is 9.59 Å². The lowest BCUT2D eigenvalue weighted by Crippen LogP contribution is -2.58. The Labute approximate surface area is 223 Å². The Morgan fingerprint density at radius 2 is 2.03 bits per heavy atom. The van der Waals surface area contributed by atoms with Gasteiger partial charge < -0.3 is 30.2 Å². The van der Waals surface area contributed by atoms with Crippen molar-refractivity contribution in [2.75, 3.05) is 13.1 Å². The molecule has 3 amide bonds. The summed E-state index contributed by atoms with van der Waals surface area (Å²) < 4.78 is 18.4. The molecule has 2 fully saturated rings. The first-order chi connectivity index (χ1) is 17.2. The molecule has 10 heteroatoms. The third kappa shape index (κ3) is 6.32. The second kappa shape index (κ2) is 10.3. The highest BCUT2D eigenvalue weighted by molar-refractivity contribution is 6.30. The van der Waals surface area contributed by atoms with Crippen molar-refractivity contribution in [1.29, 1.82) is 0 Å². The smallest absolute Gasteiger partial charge is 0.408 e. The summed E-state index contributed by atoms with van der Waals surface area (Å²) in [6, 6.07) is 4.75. The molecule has 3 heterocycles. The van der Waals surface area contributed by atoms with Gasteiger partial charge >= 0.3 is 6.09 Å². The third-order valence-corrected chi connectivity index (χ3v) is 7.67. The maximum atomic E-state index is 13.5. The van der Waals surface area contributed by atoms with Crippen LogP contribution in [0.25, 0.3) is 0 Å². The number of nitrogens with zero attached hydrogens (tertiary/aromatic N) is 1. The van der Waals surface area contributed by atoms with Gasteiger partial charge in [-0.15, -0.1) is 0 Å². The molecule has 3 aliphatic rings. The standard InChI is InChI=1S/C27H38ClN3O6/c1-26(2,3)37-25(34)30-19(7-9-22(29)32)24(33)31-11-10-20-15(14-31)12-18-23(35-20)17-13-16(28)6-8-21(17)36-27(18,4)5/h6,8,13,15,18-20,23H,7,9-12,14H2,1-5H3,(H2,29,32)(H,30,34)/t15-,18+,19-,20+,23-/m0/s1. The Kier molecular flexibility index (Phi) is 7.68. The fourth-order valence-corrected chi connectivity index (χ4v) is 5.88. The normalized spacial score (nSPS) is 27.0. The molecule has 1 aromatic rings. The van der Waals surface area contributed by atoms with Gasteiger partial charge in [0.2, 0.25) is 11.8 Å². The van der Waals surface area contributed by atoms with Crippen molar-refractivity contribution in [2.24, 2.45) is 17.6 Å². The molecule has 37 heavy (non-hydrogen) atoms. The van der Waals surface area contributed by atoms with Gasteiger partial charge in [0.15, 0.2) is 0 Å². The summed E-state index contributed by atoms with van der Waals surface area (Å²) in [4.78, 5) is 39.1. The van der Waals surface area contributed by atoms with Crippen molar-refractivity contribution < 1.29 is 28.6 Å². The summed E-state index contributed by atoms with van der Waals surface area (Å²) in [5.74, 6) is 0.214. The van der Waals surface area contributed by atoms with Crippen LogP contribution in [0.3, 0.4) is 0 Å². The summed E-state index contributed by atoms with van der Waals surface area (Å²) in [5.41, 5.74) is 5.13. The van der Waals surface area contributed by atoms with E-state index in [1.54, 1.807) is 25.7 Å². The topological polar surface area (TPSA) is 120 Å². The summed E-state index contributed by atoms with van der Waals surface area (Å²) in [5, 5.41) is 3.29. The van der Waals surface area contributed by atoms with E-state index in [4.69, 9.17) is 31.5 Å². The predicted molar refractivity (Wildman–Crippen MR) is 138 cm³/mol. The zero-order chi connectivity index (χ0) is 27.1. The molecule has 0 unspecified atom stereocenters. The van der Waals surface area contributed by atoms with Gasteiger partial charge in [-0.05, 0) is 72.1 Å². The quantitative estimate of drug-likeness (QED) is 0.588. The van der Waals surface area contributed by atoms with Crippen LogP contribution >= 0.6 is 11.6 Å². The number of piperidine rings is 1. The number of nitrogens with two attached hydrogens (primary N) is 1. The third-order valence-electron chi connectivity index (χ3n) is 7.43. The Hall–Kier alpha value is -2.52. The molecule has 3 N–H and O–H groups in total. The highest BCUT2D eigenvalue weighted by atomic mass is 35.5. The first-order valence-electron chi connectivity index (χ1n) is 12.9. The van der Waals surface area contributed by atoms with Crippen molar-refractivity contribution in [3.63, 3.8) is 0 Å². The monoisotopic (exact) mass is 535 g/mol. The first-order valence-corrected chi connectivity index (χ1v) is 13.3. The van der Waals surface area contributed by atoms with Crippen LogP contribution in [-0.2, 0) is 19.1 Å². The van der Waals surface area contributed by atoms with Crippen LogP contribution in [0.15, 0.2) is 18.2 Å². The van der Waals surface area contributed by atoms with E-state index in [1.165, 1.54) is 0 Å². The molecule has 1 aromatic carbocycles. The van der Waals surface area contributed by atoms with Crippen molar-refractivity contribution in [3.8, 4) is 5.75 Å². The maximum Gasteiger partial charge on any atom is 0.408 e. The summed E-state index contributed by atoms with van der Waals surface area (Å²) in [6.07, 6.45) is 0.749. The molecule has 0 saturated carbocycles. The van der Waals surface area contributed by atoms with Crippen molar-refractivity contribution in [1.82, 2.24) is 10.2 Å². The van der Waals surface area contributed by atoms with E-state index < -0.39 is 29.2 Å². The minimum Gasteiger partial charge on any atom is -0.487 e. The van der Waals surface area contributed by atoms with E-state index in [0.717, 1.165) is 17.7 Å². The number of hydrogen-bond acceptors (Lipinski definition) is 6. The highest BCUT2D eigenvalue weighted by Gasteiger charge is 2.52. The van der Waals surface area contributed by atoms with E-state index >= 15 is 0 Å². The van der Waals surface area contributed by atoms with Gasteiger partial charge in [0, 0.05) is 41.9 Å². The Morgan fingerprint density at radius 3 is 2.70 bits per heavy atom. The molecule has 0 spiro atoms. The SMILES string of the molecule is CC(C)(C)OC(=O)N[C@@H](CCC(N)=O)C(=O)N1CC[C@H]2O[C@H]3c4cc(Cl)ccc4OC(C)(C)[C@@H]3C[C@H]2C1. The molecular weight excluding hydrogens is 498 g/mol. The predicted octanol–water partition coefficient (Wildman–Crippen LogP) is 3.96. The Bertz CT molecular complexity index is 1060. The molecule has 0 bridgehead atoms. The molecule has 0 aliphatic carbocycles. The molecule has 2 saturated heterocycles. The lowest BCUT2D eigenvalue weighted by Gasteiger charge is -2.53. The van der Waals surface area contributed by atoms with Crippen LogP contribution in [0.5, 0.6) is 5.75 Å². The fourth-order valence-electron chi connectivity index (χ4n) is 5.70. The number of ether oxygens (including phenoxy) is 3. The number of nitrogens with one attached hydrogen (secondary N) is 1. The second-order valence-corrected chi connectivity index (χ2v) is 12.3. The number of rotatable bonds is 5. The minimum absolute atomic E-state index is 0.00563. The molecule has 3 aliphatic heterocycles. The van der Waals surface area contributed by atoms with E-state index in [-0.39, 0.29) is 42.8 Å². The van der Waals surface area contributed by atoms with E-state index in [0.29, 0.717) is 24.5 Å². The number of primary amides is 1. The molecule has 0 aromatic heterocycles. The van der Waals surface area contributed by atoms with Crippen LogP contribution in [0.1, 0.15) is 72.0 Å². The van der Waals surface area contributed by atoms with Crippen LogP contribution in [-0.4, -0.2) is 59.2 Å². The van der Waals surface area contributed by atoms with Gasteiger partial charge in [-0.25, -0.2) is 4.79 Å². The number of amides is 3. The van der Waals surface area contributed by atoms with Gasteiger partial charge in [0.05, 0.1) is 12.2 Å². The van der Waals surface area contributed by atoms with E-state index in [9.17, 15) is 14.4 Å². The average molecular weight is 536 g/mol. The lowest BCUT2D eigenvalue weighted by atomic mass is 9.70. The van der Waals surface area contributed by atoms with Crippen molar-refractivity contribution in [2.45, 2.75) is 89.8 Å². The average Bonchev–Trinajstić information content (AvgIpc) is 2.79. The number of fused-ring (bicyclic) bond motifs is 4. The Balaban J connectivity index is 1.48. The van der Waals surface area contributed by atoms with Gasteiger partial charge in [0.1, 0.15) is 23.0 Å². The molecule has 9 nitrogen and oxygen atoms in total. The summed E-state index contributed by atoms with van der Waals surface area (Å²) >= 11 is 6.29. The number of likely N-dealkylation sites (tertiary alicyclic amines) is 1. The zero-order valence-corrected chi connectivity index (χ0v) is 23.0. The highest BCUT2D eigenvalue weighted by Crippen LogP contribution is 2.53. The number of hydrogen-bond donors (Lipinski definition) is 2. The van der Waals surface area contributed by atoms with Gasteiger partial charge in [0.25, 0.3) is 0 Å². The van der Waals surface area contributed by atoms with Crippen LogP contribution in [0.2, 0.25) is 5.02 Å². The fraction of sp³-hybridized carbons (Fsp3) is 0.667. The molecule has 0 radical (unpaired) electrons. The lowest BCUT2D eigenvalue weighted by molar-refractivity contribution is -0.189. The number of benzene rings is 1. The van der Waals surface area contributed by atoms with E-state index in [2.05, 4.69) is 19.2 Å². The first kappa shape index (κ1) is 27.5. The second-order valence-electron chi connectivity index (χ2n) is 11.9. The van der Waals surface area contributed by atoms with Gasteiger partial charge in [-0.2, -0.15) is 0 Å². The number of halogens is 1. The number of alkyl carbamates (subject to hydrolysis) is 1. The van der Waals surface area contributed by atoms with Crippen LogP contribution < -0.4 is 15.8 Å². The van der Waals surface area contributed by atoms with Crippen molar-refractivity contribution in [3.05, 3.63) is 28.8 Å². The molecule has 204 valence electrons.